The van der Waals surface area contributed by atoms with Gasteiger partial charge in [-0.3, -0.25) is 0 Å². The van der Waals surface area contributed by atoms with Crippen LogP contribution in [0, 0.1) is 0 Å². The van der Waals surface area contributed by atoms with Gasteiger partial charge in [0.15, 0.2) is 5.96 Å². The molecule has 1 aliphatic heterocycles. The quantitative estimate of drug-likeness (QED) is 0.442. The molecule has 1 aliphatic rings. The third kappa shape index (κ3) is 10.1. The summed E-state index contributed by atoms with van der Waals surface area (Å²) < 4.78 is 34.1. The molecule has 0 bridgehead atoms. The summed E-state index contributed by atoms with van der Waals surface area (Å²) in [5.74, 6) is 0.854. The van der Waals surface area contributed by atoms with Crippen molar-refractivity contribution in [3.05, 3.63) is 35.4 Å². The predicted molar refractivity (Wildman–Crippen MR) is 117 cm³/mol. The van der Waals surface area contributed by atoms with E-state index in [2.05, 4.69) is 33.8 Å². The molecule has 1 aromatic carbocycles. The van der Waals surface area contributed by atoms with Crippen molar-refractivity contribution in [2.45, 2.75) is 58.4 Å². The van der Waals surface area contributed by atoms with Gasteiger partial charge in [-0.25, -0.2) is 13.4 Å². The minimum atomic E-state index is -2.96. The third-order valence-corrected chi connectivity index (χ3v) is 5.69. The van der Waals surface area contributed by atoms with E-state index in [1.807, 2.05) is 19.9 Å². The van der Waals surface area contributed by atoms with Crippen LogP contribution in [-0.2, 0) is 32.5 Å². The molecule has 1 aromatic rings. The van der Waals surface area contributed by atoms with Gasteiger partial charge >= 0.3 is 0 Å². The van der Waals surface area contributed by atoms with Crippen LogP contribution in [0.2, 0.25) is 0 Å². The van der Waals surface area contributed by atoms with E-state index in [1.165, 1.54) is 6.26 Å². The molecule has 1 heterocycles. The van der Waals surface area contributed by atoms with Crippen molar-refractivity contribution >= 4 is 15.8 Å². The minimum Gasteiger partial charge on any atom is -0.381 e. The first-order valence-electron chi connectivity index (χ1n) is 10.4. The van der Waals surface area contributed by atoms with Crippen LogP contribution in [0.25, 0.3) is 0 Å². The first-order valence-corrected chi connectivity index (χ1v) is 12.4. The second-order valence-corrected chi connectivity index (χ2v) is 9.86. The van der Waals surface area contributed by atoms with Gasteiger partial charge < -0.3 is 20.1 Å². The van der Waals surface area contributed by atoms with Crippen LogP contribution in [0.1, 0.15) is 44.2 Å². The Morgan fingerprint density at radius 3 is 2.72 bits per heavy atom. The summed E-state index contributed by atoms with van der Waals surface area (Å²) in [6.45, 7) is 7.41. The number of ether oxygens (including phenoxy) is 2. The first kappa shape index (κ1) is 23.6. The lowest BCUT2D eigenvalue weighted by Crippen LogP contribution is -2.42. The van der Waals surface area contributed by atoms with Crippen LogP contribution in [0.4, 0.5) is 0 Å². The van der Waals surface area contributed by atoms with Crippen molar-refractivity contribution in [1.29, 1.82) is 0 Å². The molecule has 0 aliphatic carbocycles. The number of aliphatic imine (C=N–C) groups is 1. The molecule has 2 rings (SSSR count). The number of nitrogens with one attached hydrogen (secondary N) is 2. The number of benzene rings is 1. The van der Waals surface area contributed by atoms with E-state index in [9.17, 15) is 8.42 Å². The van der Waals surface area contributed by atoms with Crippen molar-refractivity contribution in [1.82, 2.24) is 10.6 Å². The van der Waals surface area contributed by atoms with Gasteiger partial charge in [-0.2, -0.15) is 0 Å². The van der Waals surface area contributed by atoms with E-state index in [-0.39, 0.29) is 17.9 Å². The summed E-state index contributed by atoms with van der Waals surface area (Å²) in [5, 5.41) is 6.50. The standard InChI is InChI=1S/C21H35N3O4S/c1-4-22-21(24-17(2)10-13-29(3,25)26)23-15-18-6-5-7-19(14-18)16-28-20-8-11-27-12-9-20/h5-7,14,17,20H,4,8-13,15-16H2,1-3H3,(H2,22,23,24). The first-order chi connectivity index (χ1) is 13.9. The number of sulfone groups is 1. The maximum Gasteiger partial charge on any atom is 0.191 e. The highest BCUT2D eigenvalue weighted by Crippen LogP contribution is 2.14. The summed E-state index contributed by atoms with van der Waals surface area (Å²) in [7, 11) is -2.96. The molecule has 1 atom stereocenters. The number of guanidine groups is 1. The Hall–Kier alpha value is -1.64. The molecule has 1 unspecified atom stereocenters. The van der Waals surface area contributed by atoms with Gasteiger partial charge in [-0.1, -0.05) is 24.3 Å². The van der Waals surface area contributed by atoms with Crippen LogP contribution in [0.5, 0.6) is 0 Å². The Balaban J connectivity index is 1.88. The Morgan fingerprint density at radius 2 is 2.03 bits per heavy atom. The molecule has 1 saturated heterocycles. The van der Waals surface area contributed by atoms with Gasteiger partial charge in [0.2, 0.25) is 0 Å². The lowest BCUT2D eigenvalue weighted by atomic mass is 10.1. The molecule has 0 spiro atoms. The number of nitrogens with zero attached hydrogens (tertiary/aromatic N) is 1. The van der Waals surface area contributed by atoms with Crippen LogP contribution in [0.3, 0.4) is 0 Å². The SMILES string of the molecule is CCNC(=NCc1cccc(COC2CCOCC2)c1)NC(C)CCS(C)(=O)=O. The second-order valence-electron chi connectivity index (χ2n) is 7.60. The highest BCUT2D eigenvalue weighted by atomic mass is 32.2. The molecule has 1 fully saturated rings. The predicted octanol–water partition coefficient (Wildman–Crippen LogP) is 2.26. The Bertz CT molecular complexity index is 746. The fourth-order valence-corrected chi connectivity index (χ4v) is 3.84. The lowest BCUT2D eigenvalue weighted by molar-refractivity contribution is -0.0390. The smallest absolute Gasteiger partial charge is 0.191 e. The molecule has 7 nitrogen and oxygen atoms in total. The molecule has 2 N–H and O–H groups in total. The topological polar surface area (TPSA) is 89.0 Å². The zero-order chi connectivity index (χ0) is 21.1. The van der Waals surface area contributed by atoms with Crippen molar-refractivity contribution in [3.8, 4) is 0 Å². The third-order valence-electron chi connectivity index (χ3n) is 4.71. The average molecular weight is 426 g/mol. The maximum atomic E-state index is 11.4. The monoisotopic (exact) mass is 425 g/mol. The van der Waals surface area contributed by atoms with Crippen molar-refractivity contribution < 1.29 is 17.9 Å². The largest absolute Gasteiger partial charge is 0.381 e. The van der Waals surface area contributed by atoms with Gasteiger partial charge in [-0.15, -0.1) is 0 Å². The lowest BCUT2D eigenvalue weighted by Gasteiger charge is -2.22. The fourth-order valence-electron chi connectivity index (χ4n) is 3.06. The Morgan fingerprint density at radius 1 is 1.31 bits per heavy atom. The van der Waals surface area contributed by atoms with E-state index < -0.39 is 9.84 Å². The zero-order valence-corrected chi connectivity index (χ0v) is 18.6. The van der Waals surface area contributed by atoms with Crippen molar-refractivity contribution in [2.24, 2.45) is 4.99 Å². The van der Waals surface area contributed by atoms with Gasteiger partial charge in [0, 0.05) is 32.1 Å². The van der Waals surface area contributed by atoms with Crippen molar-refractivity contribution in [2.75, 3.05) is 31.8 Å². The number of hydrogen-bond acceptors (Lipinski definition) is 5. The van der Waals surface area contributed by atoms with Gasteiger partial charge in [0.05, 0.1) is 25.0 Å². The molecule has 8 heteroatoms. The van der Waals surface area contributed by atoms with Crippen molar-refractivity contribution in [3.63, 3.8) is 0 Å². The van der Waals surface area contributed by atoms with E-state index in [1.54, 1.807) is 0 Å². The van der Waals surface area contributed by atoms with E-state index in [0.29, 0.717) is 25.5 Å². The molecule has 0 aromatic heterocycles. The molecular weight excluding hydrogens is 390 g/mol. The minimum absolute atomic E-state index is 0.0155. The Kier molecular flexibility index (Phi) is 9.90. The highest BCUT2D eigenvalue weighted by molar-refractivity contribution is 7.90. The zero-order valence-electron chi connectivity index (χ0n) is 17.8. The Labute approximate surface area is 175 Å². The van der Waals surface area contributed by atoms with E-state index in [0.717, 1.165) is 43.7 Å². The molecule has 0 saturated carbocycles. The highest BCUT2D eigenvalue weighted by Gasteiger charge is 2.14. The number of hydrogen-bond donors (Lipinski definition) is 2. The summed E-state index contributed by atoms with van der Waals surface area (Å²) in [5.41, 5.74) is 2.25. The molecule has 0 radical (unpaired) electrons. The summed E-state index contributed by atoms with van der Waals surface area (Å²) in [4.78, 5) is 4.65. The van der Waals surface area contributed by atoms with Gasteiger partial charge in [0.25, 0.3) is 0 Å². The van der Waals surface area contributed by atoms with E-state index >= 15 is 0 Å². The summed E-state index contributed by atoms with van der Waals surface area (Å²) in [6.07, 6.45) is 4.00. The van der Waals surface area contributed by atoms with Gasteiger partial charge in [-0.05, 0) is 44.2 Å². The number of rotatable bonds is 10. The average Bonchev–Trinajstić information content (AvgIpc) is 2.70. The summed E-state index contributed by atoms with van der Waals surface area (Å²) >= 11 is 0. The molecular formula is C21H35N3O4S. The van der Waals surface area contributed by atoms with Crippen LogP contribution in [-0.4, -0.2) is 58.3 Å². The van der Waals surface area contributed by atoms with E-state index in [4.69, 9.17) is 9.47 Å². The molecule has 29 heavy (non-hydrogen) atoms. The normalized spacial score (nSPS) is 17.1. The van der Waals surface area contributed by atoms with Gasteiger partial charge in [0.1, 0.15) is 9.84 Å². The van der Waals surface area contributed by atoms with Crippen LogP contribution < -0.4 is 10.6 Å². The molecule has 0 amide bonds. The fraction of sp³-hybridized carbons (Fsp3) is 0.667. The second kappa shape index (κ2) is 12.1. The molecule has 164 valence electrons. The maximum absolute atomic E-state index is 11.4. The van der Waals surface area contributed by atoms with Crippen LogP contribution >= 0.6 is 0 Å². The summed E-state index contributed by atoms with van der Waals surface area (Å²) in [6, 6.07) is 8.30. The van der Waals surface area contributed by atoms with Crippen LogP contribution in [0.15, 0.2) is 29.3 Å².